The predicted octanol–water partition coefficient (Wildman–Crippen LogP) is 4.16. The molecule has 0 atom stereocenters. The number of hydrogen-bond acceptors (Lipinski definition) is 3. The normalized spacial score (nSPS) is 15.2. The van der Waals surface area contributed by atoms with E-state index in [1.165, 1.54) is 11.1 Å². The fraction of sp³-hybridized carbons (Fsp3) is 0.200. The largest absolute Gasteiger partial charge is 0.496 e. The molecule has 0 saturated heterocycles. The molecule has 25 heavy (non-hydrogen) atoms. The zero-order valence-corrected chi connectivity index (χ0v) is 14.9. The number of hydrogen-bond donors (Lipinski definition) is 1. The van der Waals surface area contributed by atoms with Gasteiger partial charge in [0.25, 0.3) is 5.91 Å². The van der Waals surface area contributed by atoms with Crippen LogP contribution in [0.4, 0.5) is 0 Å². The molecule has 0 aromatic heterocycles. The van der Waals surface area contributed by atoms with E-state index in [1.54, 1.807) is 31.4 Å². The maximum atomic E-state index is 12.2. The van der Waals surface area contributed by atoms with Gasteiger partial charge in [-0.3, -0.25) is 4.79 Å². The Labute approximate surface area is 152 Å². The Balaban J connectivity index is 1.77. The SMILES string of the molecule is COc1ccc(Cl)cc1/C=C1/N=C(CCc2cccc(C)c2)NC1=O. The van der Waals surface area contributed by atoms with Crippen LogP contribution in [0.25, 0.3) is 6.08 Å². The summed E-state index contributed by atoms with van der Waals surface area (Å²) in [4.78, 5) is 16.6. The van der Waals surface area contributed by atoms with E-state index in [0.717, 1.165) is 12.0 Å². The molecule has 0 spiro atoms. The van der Waals surface area contributed by atoms with Crippen molar-refractivity contribution >= 4 is 29.4 Å². The van der Waals surface area contributed by atoms with Gasteiger partial charge in [-0.25, -0.2) is 4.99 Å². The second kappa shape index (κ2) is 7.53. The average molecular weight is 355 g/mol. The number of carbonyl (C=O) groups excluding carboxylic acids is 1. The van der Waals surface area contributed by atoms with Crippen LogP contribution in [0.15, 0.2) is 53.2 Å². The molecule has 0 aliphatic carbocycles. The van der Waals surface area contributed by atoms with Crippen molar-refractivity contribution in [2.45, 2.75) is 19.8 Å². The summed E-state index contributed by atoms with van der Waals surface area (Å²) in [6.07, 6.45) is 3.20. The topological polar surface area (TPSA) is 50.7 Å². The maximum absolute atomic E-state index is 12.2. The number of amides is 1. The van der Waals surface area contributed by atoms with Crippen LogP contribution in [0.3, 0.4) is 0 Å². The fourth-order valence-corrected chi connectivity index (χ4v) is 2.91. The van der Waals surface area contributed by atoms with Crippen LogP contribution in [0.1, 0.15) is 23.1 Å². The summed E-state index contributed by atoms with van der Waals surface area (Å²) in [5.41, 5.74) is 3.54. The minimum atomic E-state index is -0.207. The van der Waals surface area contributed by atoms with Gasteiger partial charge < -0.3 is 10.1 Å². The van der Waals surface area contributed by atoms with Crippen LogP contribution in [-0.2, 0) is 11.2 Å². The smallest absolute Gasteiger partial charge is 0.275 e. The van der Waals surface area contributed by atoms with Gasteiger partial charge >= 0.3 is 0 Å². The van der Waals surface area contributed by atoms with E-state index in [-0.39, 0.29) is 5.91 Å². The molecule has 1 aliphatic heterocycles. The van der Waals surface area contributed by atoms with Crippen molar-refractivity contribution in [3.63, 3.8) is 0 Å². The summed E-state index contributed by atoms with van der Waals surface area (Å²) in [5.74, 6) is 1.12. The van der Waals surface area contributed by atoms with E-state index in [9.17, 15) is 4.79 Å². The number of nitrogens with zero attached hydrogens (tertiary/aromatic N) is 1. The summed E-state index contributed by atoms with van der Waals surface area (Å²) in [6.45, 7) is 2.07. The fourth-order valence-electron chi connectivity index (χ4n) is 2.73. The number of rotatable bonds is 5. The van der Waals surface area contributed by atoms with Crippen LogP contribution in [0.5, 0.6) is 5.75 Å². The van der Waals surface area contributed by atoms with Crippen molar-refractivity contribution in [3.05, 3.63) is 69.9 Å². The highest BCUT2D eigenvalue weighted by atomic mass is 35.5. The molecule has 128 valence electrons. The lowest BCUT2D eigenvalue weighted by molar-refractivity contribution is -0.115. The lowest BCUT2D eigenvalue weighted by atomic mass is 10.1. The van der Waals surface area contributed by atoms with Crippen molar-refractivity contribution in [1.29, 1.82) is 0 Å². The van der Waals surface area contributed by atoms with E-state index in [0.29, 0.717) is 28.7 Å². The summed E-state index contributed by atoms with van der Waals surface area (Å²) >= 11 is 6.03. The molecule has 0 fully saturated rings. The molecule has 2 aromatic rings. The van der Waals surface area contributed by atoms with Gasteiger partial charge in [-0.05, 0) is 43.2 Å². The van der Waals surface area contributed by atoms with E-state index < -0.39 is 0 Å². The van der Waals surface area contributed by atoms with Gasteiger partial charge in [0.2, 0.25) is 0 Å². The molecule has 1 amide bonds. The van der Waals surface area contributed by atoms with Crippen LogP contribution in [-0.4, -0.2) is 18.9 Å². The van der Waals surface area contributed by atoms with Crippen LogP contribution in [0.2, 0.25) is 5.02 Å². The molecule has 5 heteroatoms. The Morgan fingerprint density at radius 2 is 2.04 bits per heavy atom. The standard InChI is InChI=1S/C20H19ClN2O2/c1-13-4-3-5-14(10-13)6-9-19-22-17(20(24)23-19)12-15-11-16(21)7-8-18(15)25-2/h3-5,7-8,10-12H,6,9H2,1-2H3,(H,22,23,24)/b17-12+. The third-order valence-electron chi connectivity index (χ3n) is 3.96. The number of halogens is 1. The molecule has 2 aromatic carbocycles. The van der Waals surface area contributed by atoms with Crippen molar-refractivity contribution in [2.24, 2.45) is 4.99 Å². The first-order valence-electron chi connectivity index (χ1n) is 8.05. The minimum Gasteiger partial charge on any atom is -0.496 e. The Hall–Kier alpha value is -2.59. The predicted molar refractivity (Wildman–Crippen MR) is 101 cm³/mol. The lowest BCUT2D eigenvalue weighted by Crippen LogP contribution is -2.24. The molecule has 4 nitrogen and oxygen atoms in total. The van der Waals surface area contributed by atoms with Crippen molar-refractivity contribution in [3.8, 4) is 5.75 Å². The van der Waals surface area contributed by atoms with Gasteiger partial charge in [-0.1, -0.05) is 41.4 Å². The number of aliphatic imine (C=N–C) groups is 1. The molecule has 1 aliphatic rings. The molecular formula is C20H19ClN2O2. The van der Waals surface area contributed by atoms with Crippen molar-refractivity contribution < 1.29 is 9.53 Å². The highest BCUT2D eigenvalue weighted by Gasteiger charge is 2.20. The number of benzene rings is 2. The van der Waals surface area contributed by atoms with Crippen molar-refractivity contribution in [2.75, 3.05) is 7.11 Å². The van der Waals surface area contributed by atoms with Crippen LogP contribution < -0.4 is 10.1 Å². The monoisotopic (exact) mass is 354 g/mol. The van der Waals surface area contributed by atoms with Gasteiger partial charge in [0.1, 0.15) is 17.3 Å². The van der Waals surface area contributed by atoms with Crippen LogP contribution >= 0.6 is 11.6 Å². The van der Waals surface area contributed by atoms with Gasteiger partial charge in [-0.15, -0.1) is 0 Å². The summed E-state index contributed by atoms with van der Waals surface area (Å²) < 4.78 is 5.31. The quantitative estimate of drug-likeness (QED) is 0.820. The molecule has 0 bridgehead atoms. The Kier molecular flexibility index (Phi) is 5.19. The third kappa shape index (κ3) is 4.28. The van der Waals surface area contributed by atoms with E-state index in [4.69, 9.17) is 16.3 Å². The second-order valence-corrected chi connectivity index (χ2v) is 6.35. The zero-order valence-electron chi connectivity index (χ0n) is 14.2. The van der Waals surface area contributed by atoms with Gasteiger partial charge in [0.15, 0.2) is 0 Å². The molecular weight excluding hydrogens is 336 g/mol. The first-order chi connectivity index (χ1) is 12.0. The van der Waals surface area contributed by atoms with E-state index in [2.05, 4.69) is 35.4 Å². The van der Waals surface area contributed by atoms with Crippen LogP contribution in [0, 0.1) is 6.92 Å². The number of aryl methyl sites for hydroxylation is 2. The zero-order chi connectivity index (χ0) is 17.8. The van der Waals surface area contributed by atoms with E-state index >= 15 is 0 Å². The maximum Gasteiger partial charge on any atom is 0.275 e. The van der Waals surface area contributed by atoms with Gasteiger partial charge in [0, 0.05) is 17.0 Å². The lowest BCUT2D eigenvalue weighted by Gasteiger charge is -2.05. The molecule has 3 rings (SSSR count). The van der Waals surface area contributed by atoms with E-state index in [1.807, 2.05) is 6.07 Å². The molecule has 1 N–H and O–H groups in total. The van der Waals surface area contributed by atoms with Gasteiger partial charge in [0.05, 0.1) is 7.11 Å². The number of amidine groups is 1. The first kappa shape index (κ1) is 17.2. The summed E-state index contributed by atoms with van der Waals surface area (Å²) in [6, 6.07) is 13.6. The average Bonchev–Trinajstić information content (AvgIpc) is 2.93. The number of ether oxygens (including phenoxy) is 1. The van der Waals surface area contributed by atoms with Gasteiger partial charge in [-0.2, -0.15) is 0 Å². The minimum absolute atomic E-state index is 0.207. The Morgan fingerprint density at radius 3 is 2.80 bits per heavy atom. The number of carbonyl (C=O) groups is 1. The molecule has 0 unspecified atom stereocenters. The Bertz CT molecular complexity index is 872. The number of methoxy groups -OCH3 is 1. The summed E-state index contributed by atoms with van der Waals surface area (Å²) in [7, 11) is 1.58. The molecule has 0 saturated carbocycles. The highest BCUT2D eigenvalue weighted by molar-refractivity contribution is 6.30. The number of nitrogens with one attached hydrogen (secondary N) is 1. The summed E-state index contributed by atoms with van der Waals surface area (Å²) in [5, 5.41) is 3.41. The first-order valence-corrected chi connectivity index (χ1v) is 8.42. The van der Waals surface area contributed by atoms with Crippen molar-refractivity contribution in [1.82, 2.24) is 5.32 Å². The second-order valence-electron chi connectivity index (χ2n) is 5.92. The molecule has 1 heterocycles. The molecule has 0 radical (unpaired) electrons. The Morgan fingerprint density at radius 1 is 1.20 bits per heavy atom. The highest BCUT2D eigenvalue weighted by Crippen LogP contribution is 2.26. The third-order valence-corrected chi connectivity index (χ3v) is 4.20.